The van der Waals surface area contributed by atoms with Crippen molar-refractivity contribution in [1.82, 2.24) is 4.90 Å². The molecule has 0 aliphatic rings. The van der Waals surface area contributed by atoms with Crippen LogP contribution in [0.2, 0.25) is 0 Å². The number of likely N-dealkylation sites (N-methyl/N-ethyl adjacent to an activating group) is 1. The van der Waals surface area contributed by atoms with Gasteiger partial charge in [-0.25, -0.2) is 4.39 Å². The van der Waals surface area contributed by atoms with Crippen molar-refractivity contribution in [1.29, 1.82) is 0 Å². The number of hydrogen-bond donors (Lipinski definition) is 0. The maximum absolute atomic E-state index is 13.9. The van der Waals surface area contributed by atoms with Crippen molar-refractivity contribution in [3.8, 4) is 0 Å². The van der Waals surface area contributed by atoms with Crippen LogP contribution in [0, 0.1) is 15.9 Å². The number of nitrogens with zero attached hydrogens (tertiary/aromatic N) is 2. The standard InChI is InChI=1S/C18H16BrFN2O3/c1-2-21(12-14-11-15(19)8-9-16(14)20)18(23)10-7-13-5-3-4-6-17(13)22(24)25/h3-11H,2,12H2,1H3/b10-7+. The van der Waals surface area contributed by atoms with E-state index in [0.29, 0.717) is 17.7 Å². The van der Waals surface area contributed by atoms with Crippen LogP contribution in [0.5, 0.6) is 0 Å². The van der Waals surface area contributed by atoms with Crippen LogP contribution in [0.25, 0.3) is 6.08 Å². The van der Waals surface area contributed by atoms with Crippen LogP contribution >= 0.6 is 15.9 Å². The van der Waals surface area contributed by atoms with Crippen molar-refractivity contribution in [2.45, 2.75) is 13.5 Å². The Balaban J connectivity index is 2.18. The van der Waals surface area contributed by atoms with Crippen molar-refractivity contribution in [3.05, 3.63) is 80.1 Å². The summed E-state index contributed by atoms with van der Waals surface area (Å²) in [6.45, 7) is 2.28. The first-order chi connectivity index (χ1) is 11.9. The molecule has 0 unspecified atom stereocenters. The van der Waals surface area contributed by atoms with Crippen molar-refractivity contribution in [2.75, 3.05) is 6.54 Å². The summed E-state index contributed by atoms with van der Waals surface area (Å²) in [6, 6.07) is 10.7. The maximum Gasteiger partial charge on any atom is 0.276 e. The van der Waals surface area contributed by atoms with Gasteiger partial charge >= 0.3 is 0 Å². The highest BCUT2D eigenvalue weighted by Gasteiger charge is 2.14. The Labute approximate surface area is 153 Å². The molecular weight excluding hydrogens is 391 g/mol. The van der Waals surface area contributed by atoms with Crippen molar-refractivity contribution >= 4 is 33.6 Å². The summed E-state index contributed by atoms with van der Waals surface area (Å²) in [5.41, 5.74) is 0.654. The predicted molar refractivity (Wildman–Crippen MR) is 97.3 cm³/mol. The fourth-order valence-corrected chi connectivity index (χ4v) is 2.69. The monoisotopic (exact) mass is 406 g/mol. The summed E-state index contributed by atoms with van der Waals surface area (Å²) >= 11 is 3.28. The number of carbonyl (C=O) groups is 1. The van der Waals surface area contributed by atoms with Gasteiger partial charge in [0, 0.05) is 35.3 Å². The lowest BCUT2D eigenvalue weighted by atomic mass is 10.1. The summed E-state index contributed by atoms with van der Waals surface area (Å²) < 4.78 is 14.6. The van der Waals surface area contributed by atoms with Crippen LogP contribution in [-0.2, 0) is 11.3 Å². The molecule has 7 heteroatoms. The smallest absolute Gasteiger partial charge is 0.276 e. The Bertz CT molecular complexity index is 824. The molecule has 0 spiro atoms. The lowest BCUT2D eigenvalue weighted by Crippen LogP contribution is -2.29. The minimum atomic E-state index is -0.501. The third-order valence-corrected chi connectivity index (χ3v) is 4.09. The fraction of sp³-hybridized carbons (Fsp3) is 0.167. The molecule has 0 aromatic heterocycles. The molecule has 0 atom stereocenters. The highest BCUT2D eigenvalue weighted by Crippen LogP contribution is 2.20. The average Bonchev–Trinajstić information content (AvgIpc) is 2.60. The number of halogens is 2. The topological polar surface area (TPSA) is 63.5 Å². The van der Waals surface area contributed by atoms with E-state index in [2.05, 4.69) is 15.9 Å². The largest absolute Gasteiger partial charge is 0.335 e. The van der Waals surface area contributed by atoms with Crippen molar-refractivity contribution in [3.63, 3.8) is 0 Å². The second kappa shape index (κ2) is 8.53. The number of nitro groups is 1. The Hall–Kier alpha value is -2.54. The Morgan fingerprint density at radius 3 is 2.72 bits per heavy atom. The van der Waals surface area contributed by atoms with E-state index in [1.807, 2.05) is 0 Å². The maximum atomic E-state index is 13.9. The van der Waals surface area contributed by atoms with Gasteiger partial charge in [-0.15, -0.1) is 0 Å². The molecule has 0 N–H and O–H groups in total. The van der Waals surface area contributed by atoms with Gasteiger partial charge in [0.1, 0.15) is 5.82 Å². The molecule has 2 aromatic carbocycles. The van der Waals surface area contributed by atoms with Gasteiger partial charge in [0.2, 0.25) is 5.91 Å². The molecule has 25 heavy (non-hydrogen) atoms. The van der Waals surface area contributed by atoms with Gasteiger partial charge in [-0.3, -0.25) is 14.9 Å². The Morgan fingerprint density at radius 1 is 1.32 bits per heavy atom. The molecule has 130 valence electrons. The molecule has 2 aromatic rings. The summed E-state index contributed by atoms with van der Waals surface area (Å²) in [6.07, 6.45) is 2.67. The first-order valence-corrected chi connectivity index (χ1v) is 8.36. The predicted octanol–water partition coefficient (Wildman–Crippen LogP) is 4.56. The first kappa shape index (κ1) is 18.8. The van der Waals surface area contributed by atoms with Gasteiger partial charge in [0.15, 0.2) is 0 Å². The number of nitro benzene ring substituents is 1. The van der Waals surface area contributed by atoms with E-state index in [4.69, 9.17) is 0 Å². The first-order valence-electron chi connectivity index (χ1n) is 7.56. The highest BCUT2D eigenvalue weighted by atomic mass is 79.9. The van der Waals surface area contributed by atoms with Crippen LogP contribution in [0.15, 0.2) is 53.0 Å². The van der Waals surface area contributed by atoms with E-state index in [-0.39, 0.29) is 18.1 Å². The lowest BCUT2D eigenvalue weighted by molar-refractivity contribution is -0.385. The van der Waals surface area contributed by atoms with Crippen LogP contribution in [0.1, 0.15) is 18.1 Å². The summed E-state index contributed by atoms with van der Waals surface area (Å²) in [4.78, 5) is 24.3. The lowest BCUT2D eigenvalue weighted by Gasteiger charge is -2.19. The minimum Gasteiger partial charge on any atom is -0.335 e. The normalized spacial score (nSPS) is 10.8. The van der Waals surface area contributed by atoms with E-state index >= 15 is 0 Å². The summed E-state index contributed by atoms with van der Waals surface area (Å²) in [5, 5.41) is 11.0. The zero-order chi connectivity index (χ0) is 18.4. The second-order valence-corrected chi connectivity index (χ2v) is 6.15. The fourth-order valence-electron chi connectivity index (χ4n) is 2.28. The number of amides is 1. The zero-order valence-corrected chi connectivity index (χ0v) is 15.1. The molecule has 0 saturated carbocycles. The Morgan fingerprint density at radius 2 is 2.04 bits per heavy atom. The molecule has 5 nitrogen and oxygen atoms in total. The number of hydrogen-bond acceptors (Lipinski definition) is 3. The molecule has 2 rings (SSSR count). The van der Waals surface area contributed by atoms with Gasteiger partial charge in [-0.2, -0.15) is 0 Å². The number of benzene rings is 2. The molecule has 0 aliphatic carbocycles. The molecule has 0 heterocycles. The van der Waals surface area contributed by atoms with Gasteiger partial charge < -0.3 is 4.90 Å². The van der Waals surface area contributed by atoms with E-state index in [9.17, 15) is 19.3 Å². The Kier molecular flexibility index (Phi) is 6.41. The molecule has 0 bridgehead atoms. The summed E-state index contributed by atoms with van der Waals surface area (Å²) in [7, 11) is 0. The van der Waals surface area contributed by atoms with E-state index < -0.39 is 10.7 Å². The quantitative estimate of drug-likeness (QED) is 0.401. The van der Waals surface area contributed by atoms with Gasteiger partial charge in [0.25, 0.3) is 5.69 Å². The second-order valence-electron chi connectivity index (χ2n) is 5.24. The third kappa shape index (κ3) is 4.96. The molecule has 0 saturated heterocycles. The van der Waals surface area contributed by atoms with E-state index in [1.165, 1.54) is 29.2 Å². The van der Waals surface area contributed by atoms with Gasteiger partial charge in [0.05, 0.1) is 10.5 Å². The summed E-state index contributed by atoms with van der Waals surface area (Å²) in [5.74, 6) is -0.739. The van der Waals surface area contributed by atoms with Crippen LogP contribution < -0.4 is 0 Å². The van der Waals surface area contributed by atoms with Crippen molar-refractivity contribution < 1.29 is 14.1 Å². The molecular formula is C18H16BrFN2O3. The molecule has 1 amide bonds. The average molecular weight is 407 g/mol. The number of para-hydroxylation sites is 1. The van der Waals surface area contributed by atoms with E-state index in [1.54, 1.807) is 37.3 Å². The molecule has 0 radical (unpaired) electrons. The van der Waals surface area contributed by atoms with Gasteiger partial charge in [-0.05, 0) is 37.3 Å². The number of carbonyl (C=O) groups excluding carboxylic acids is 1. The van der Waals surface area contributed by atoms with Crippen molar-refractivity contribution in [2.24, 2.45) is 0 Å². The number of rotatable bonds is 6. The minimum absolute atomic E-state index is 0.0763. The van der Waals surface area contributed by atoms with Crippen LogP contribution in [0.3, 0.4) is 0 Å². The van der Waals surface area contributed by atoms with Crippen LogP contribution in [-0.4, -0.2) is 22.3 Å². The third-order valence-electron chi connectivity index (χ3n) is 3.60. The van der Waals surface area contributed by atoms with Gasteiger partial charge in [-0.1, -0.05) is 28.1 Å². The highest BCUT2D eigenvalue weighted by molar-refractivity contribution is 9.10. The zero-order valence-electron chi connectivity index (χ0n) is 13.5. The van der Waals surface area contributed by atoms with E-state index in [0.717, 1.165) is 4.47 Å². The molecule has 0 aliphatic heterocycles. The van der Waals surface area contributed by atoms with Crippen LogP contribution in [0.4, 0.5) is 10.1 Å². The SMILES string of the molecule is CCN(Cc1cc(Br)ccc1F)C(=O)/C=C/c1ccccc1[N+](=O)[O-]. The molecule has 0 fully saturated rings.